The van der Waals surface area contributed by atoms with Crippen molar-refractivity contribution in [1.82, 2.24) is 15.6 Å². The van der Waals surface area contributed by atoms with Crippen molar-refractivity contribution in [2.75, 3.05) is 18.5 Å². The Balaban J connectivity index is 1.54. The molecule has 2 amide bonds. The molecule has 3 rings (SSSR count). The van der Waals surface area contributed by atoms with Gasteiger partial charge in [0.2, 0.25) is 11.8 Å². The summed E-state index contributed by atoms with van der Waals surface area (Å²) in [6.07, 6.45) is 0.104. The van der Waals surface area contributed by atoms with E-state index in [-0.39, 0.29) is 24.8 Å². The Morgan fingerprint density at radius 2 is 2.12 bits per heavy atom. The van der Waals surface area contributed by atoms with E-state index in [0.717, 1.165) is 22.4 Å². The molecule has 1 aliphatic heterocycles. The highest BCUT2D eigenvalue weighted by atomic mass is 16.6. The van der Waals surface area contributed by atoms with E-state index in [2.05, 4.69) is 25.6 Å². The number of fused-ring (bicyclic) bond motifs is 1. The molecule has 1 atom stereocenters. The normalized spacial score (nSPS) is 15.6. The number of nitrogens with zero attached hydrogens (tertiary/aromatic N) is 2. The first kappa shape index (κ1) is 16.9. The highest BCUT2D eigenvalue weighted by molar-refractivity contribution is 6.05. The molecule has 132 valence electrons. The highest BCUT2D eigenvalue weighted by Gasteiger charge is 2.33. The molecule has 1 aromatic heterocycles. The number of rotatable bonds is 6. The predicted octanol–water partition coefficient (Wildman–Crippen LogP) is 1.62. The Bertz CT molecular complexity index is 815. The molecule has 0 spiro atoms. The topological polar surface area (TPSA) is 106 Å². The van der Waals surface area contributed by atoms with Gasteiger partial charge in [-0.25, -0.2) is 4.63 Å². The van der Waals surface area contributed by atoms with E-state index in [1.54, 1.807) is 6.92 Å². The number of nitrogens with one attached hydrogen (secondary N) is 2. The largest absolute Gasteiger partial charge is 0.472 e. The molecule has 8 heteroatoms. The van der Waals surface area contributed by atoms with Crippen LogP contribution in [-0.4, -0.2) is 35.3 Å². The minimum Gasteiger partial charge on any atom is -0.472 e. The van der Waals surface area contributed by atoms with Crippen LogP contribution in [0.3, 0.4) is 0 Å². The third-order valence-electron chi connectivity index (χ3n) is 4.12. The molecule has 0 saturated carbocycles. The molecular formula is C17H20N4O4. The lowest BCUT2D eigenvalue weighted by Crippen LogP contribution is -2.30. The minimum atomic E-state index is -0.460. The van der Waals surface area contributed by atoms with Crippen molar-refractivity contribution in [2.24, 2.45) is 0 Å². The van der Waals surface area contributed by atoms with Crippen LogP contribution < -0.4 is 15.4 Å². The summed E-state index contributed by atoms with van der Waals surface area (Å²) in [6.45, 7) is 6.20. The zero-order chi connectivity index (χ0) is 18.0. The van der Waals surface area contributed by atoms with Crippen LogP contribution in [0.2, 0.25) is 0 Å². The van der Waals surface area contributed by atoms with Gasteiger partial charge < -0.3 is 15.4 Å². The molecule has 2 aromatic rings. The summed E-state index contributed by atoms with van der Waals surface area (Å²) in [5.41, 5.74) is 4.36. The second-order valence-corrected chi connectivity index (χ2v) is 6.14. The van der Waals surface area contributed by atoms with Gasteiger partial charge in [-0.3, -0.25) is 9.59 Å². The summed E-state index contributed by atoms with van der Waals surface area (Å²) >= 11 is 0. The molecule has 2 heterocycles. The van der Waals surface area contributed by atoms with Crippen molar-refractivity contribution in [3.63, 3.8) is 0 Å². The Morgan fingerprint density at radius 1 is 1.32 bits per heavy atom. The van der Waals surface area contributed by atoms with E-state index >= 15 is 0 Å². The molecule has 2 N–H and O–H groups in total. The van der Waals surface area contributed by atoms with Crippen LogP contribution in [0.25, 0.3) is 0 Å². The molecule has 0 fully saturated rings. The molecule has 0 unspecified atom stereocenters. The van der Waals surface area contributed by atoms with E-state index in [0.29, 0.717) is 18.1 Å². The Hall–Kier alpha value is -2.90. The fraction of sp³-hybridized carbons (Fsp3) is 0.412. The second kappa shape index (κ2) is 6.92. The summed E-state index contributed by atoms with van der Waals surface area (Å²) in [5, 5.41) is 12.8. The maximum absolute atomic E-state index is 12.2. The fourth-order valence-corrected chi connectivity index (χ4v) is 3.04. The monoisotopic (exact) mass is 344 g/mol. The third kappa shape index (κ3) is 3.62. The van der Waals surface area contributed by atoms with Gasteiger partial charge in [-0.05, 0) is 48.7 Å². The van der Waals surface area contributed by atoms with Crippen LogP contribution in [-0.2, 0) is 9.59 Å². The molecule has 8 nitrogen and oxygen atoms in total. The Morgan fingerprint density at radius 3 is 2.84 bits per heavy atom. The number of ether oxygens (including phenoxy) is 1. The average Bonchev–Trinajstić information content (AvgIpc) is 3.07. The number of carbonyl (C=O) groups is 2. The van der Waals surface area contributed by atoms with Crippen LogP contribution in [0.4, 0.5) is 5.69 Å². The SMILES string of the molecule is Cc1cc(C)c2c(c1)NC(=O)[C@@H]2CC(=O)NCCOc1nonc1C. The van der Waals surface area contributed by atoms with Crippen LogP contribution in [0.1, 0.15) is 34.7 Å². The average molecular weight is 344 g/mol. The van der Waals surface area contributed by atoms with Gasteiger partial charge in [-0.15, -0.1) is 0 Å². The van der Waals surface area contributed by atoms with Crippen LogP contribution in [0, 0.1) is 20.8 Å². The summed E-state index contributed by atoms with van der Waals surface area (Å²) in [4.78, 5) is 24.4. The molecule has 0 radical (unpaired) electrons. The minimum absolute atomic E-state index is 0.104. The number of benzene rings is 1. The molecular weight excluding hydrogens is 324 g/mol. The lowest BCUT2D eigenvalue weighted by Gasteiger charge is -2.12. The van der Waals surface area contributed by atoms with Crippen molar-refractivity contribution in [2.45, 2.75) is 33.1 Å². The molecule has 0 saturated heterocycles. The van der Waals surface area contributed by atoms with E-state index in [4.69, 9.17) is 4.74 Å². The lowest BCUT2D eigenvalue weighted by atomic mass is 9.92. The van der Waals surface area contributed by atoms with Gasteiger partial charge in [0.05, 0.1) is 12.5 Å². The maximum atomic E-state index is 12.2. The van der Waals surface area contributed by atoms with Gasteiger partial charge in [-0.2, -0.15) is 0 Å². The van der Waals surface area contributed by atoms with Crippen molar-refractivity contribution < 1.29 is 19.0 Å². The van der Waals surface area contributed by atoms with Crippen molar-refractivity contribution in [3.8, 4) is 5.88 Å². The number of aromatic nitrogens is 2. The quantitative estimate of drug-likeness (QED) is 0.771. The first-order valence-corrected chi connectivity index (χ1v) is 8.06. The van der Waals surface area contributed by atoms with Crippen molar-refractivity contribution in [1.29, 1.82) is 0 Å². The van der Waals surface area contributed by atoms with Crippen LogP contribution >= 0.6 is 0 Å². The number of anilines is 1. The first-order valence-electron chi connectivity index (χ1n) is 8.06. The van der Waals surface area contributed by atoms with Gasteiger partial charge in [0, 0.05) is 12.1 Å². The van der Waals surface area contributed by atoms with Gasteiger partial charge in [0.25, 0.3) is 5.88 Å². The zero-order valence-electron chi connectivity index (χ0n) is 14.4. The van der Waals surface area contributed by atoms with Gasteiger partial charge in [-0.1, -0.05) is 11.2 Å². The maximum Gasteiger partial charge on any atom is 0.278 e. The van der Waals surface area contributed by atoms with Crippen LogP contribution in [0.5, 0.6) is 5.88 Å². The Kier molecular flexibility index (Phi) is 4.69. The molecule has 0 bridgehead atoms. The molecule has 1 aromatic carbocycles. The van der Waals surface area contributed by atoms with E-state index in [1.165, 1.54) is 0 Å². The number of aryl methyl sites for hydroxylation is 3. The number of carbonyl (C=O) groups excluding carboxylic acids is 2. The smallest absolute Gasteiger partial charge is 0.278 e. The second-order valence-electron chi connectivity index (χ2n) is 6.14. The van der Waals surface area contributed by atoms with Gasteiger partial charge >= 0.3 is 0 Å². The predicted molar refractivity (Wildman–Crippen MR) is 89.4 cm³/mol. The summed E-state index contributed by atoms with van der Waals surface area (Å²) in [5.74, 6) is -0.492. The lowest BCUT2D eigenvalue weighted by molar-refractivity contribution is -0.125. The van der Waals surface area contributed by atoms with Gasteiger partial charge in [0.1, 0.15) is 12.3 Å². The molecule has 0 aliphatic carbocycles. The zero-order valence-corrected chi connectivity index (χ0v) is 14.4. The van der Waals surface area contributed by atoms with Crippen LogP contribution in [0.15, 0.2) is 16.8 Å². The molecule has 25 heavy (non-hydrogen) atoms. The molecule has 1 aliphatic rings. The van der Waals surface area contributed by atoms with Gasteiger partial charge in [0.15, 0.2) is 0 Å². The summed E-state index contributed by atoms with van der Waals surface area (Å²) in [7, 11) is 0. The summed E-state index contributed by atoms with van der Waals surface area (Å²) in [6, 6.07) is 3.95. The van der Waals surface area contributed by atoms with E-state index in [9.17, 15) is 9.59 Å². The fourth-order valence-electron chi connectivity index (χ4n) is 3.04. The summed E-state index contributed by atoms with van der Waals surface area (Å²) < 4.78 is 9.87. The van der Waals surface area contributed by atoms with Crippen molar-refractivity contribution in [3.05, 3.63) is 34.5 Å². The van der Waals surface area contributed by atoms with E-state index in [1.807, 2.05) is 26.0 Å². The third-order valence-corrected chi connectivity index (χ3v) is 4.12. The first-order chi connectivity index (χ1) is 12.0. The van der Waals surface area contributed by atoms with Crippen molar-refractivity contribution >= 4 is 17.5 Å². The number of hydrogen-bond acceptors (Lipinski definition) is 6. The standard InChI is InChI=1S/C17H20N4O4/c1-9-6-10(2)15-12(16(23)19-13(15)7-9)8-14(22)18-4-5-24-17-11(3)20-25-21-17/h6-7,12H,4-5,8H2,1-3H3,(H,18,22)(H,19,23)/t12-/m1/s1. The Labute approximate surface area is 144 Å². The highest BCUT2D eigenvalue weighted by Crippen LogP contribution is 2.37. The van der Waals surface area contributed by atoms with E-state index < -0.39 is 5.92 Å². The number of amides is 2. The number of hydrogen-bond donors (Lipinski definition) is 2.